The lowest BCUT2D eigenvalue weighted by Crippen LogP contribution is -2.40. The molecule has 0 fully saturated rings. The van der Waals surface area contributed by atoms with Crippen molar-refractivity contribution in [1.29, 1.82) is 0 Å². The van der Waals surface area contributed by atoms with Crippen LogP contribution in [-0.4, -0.2) is 30.2 Å². The van der Waals surface area contributed by atoms with Gasteiger partial charge >= 0.3 is 6.18 Å². The molecule has 0 amide bonds. The molecule has 31 heavy (non-hydrogen) atoms. The number of rotatable bonds is 2. The quantitative estimate of drug-likeness (QED) is 0.535. The molecular formula is C25H30F3NO2. The van der Waals surface area contributed by atoms with E-state index in [1.54, 1.807) is 6.07 Å². The summed E-state index contributed by atoms with van der Waals surface area (Å²) in [5.74, 6) is 1.28. The molecule has 0 aromatic heterocycles. The number of nitrogens with zero attached hydrogens (tertiary/aromatic N) is 1. The van der Waals surface area contributed by atoms with Crippen molar-refractivity contribution >= 4 is 0 Å². The maximum absolute atomic E-state index is 13.4. The zero-order valence-corrected chi connectivity index (χ0v) is 18.9. The first kappa shape index (κ1) is 22.0. The molecule has 3 nitrogen and oxygen atoms in total. The number of alkyl halides is 3. The van der Waals surface area contributed by atoms with E-state index in [1.807, 2.05) is 34.0 Å². The molecule has 2 heterocycles. The highest BCUT2D eigenvalue weighted by molar-refractivity contribution is 5.54. The highest BCUT2D eigenvalue weighted by atomic mass is 19.4. The Morgan fingerprint density at radius 1 is 0.871 bits per heavy atom. The highest BCUT2D eigenvalue weighted by Crippen LogP contribution is 2.51. The smallest absolute Gasteiger partial charge is 0.416 e. The van der Waals surface area contributed by atoms with Crippen molar-refractivity contribution in [2.45, 2.75) is 69.9 Å². The Morgan fingerprint density at radius 3 is 2.10 bits per heavy atom. The monoisotopic (exact) mass is 433 g/mol. The van der Waals surface area contributed by atoms with Crippen LogP contribution in [0.1, 0.15) is 74.8 Å². The van der Waals surface area contributed by atoms with E-state index in [2.05, 4.69) is 24.8 Å². The second-order valence-corrected chi connectivity index (χ2v) is 10.2. The van der Waals surface area contributed by atoms with E-state index in [9.17, 15) is 13.2 Å². The molecule has 0 aliphatic carbocycles. The van der Waals surface area contributed by atoms with Crippen LogP contribution >= 0.6 is 0 Å². The van der Waals surface area contributed by atoms with Gasteiger partial charge in [-0.05, 0) is 65.9 Å². The Bertz CT molecular complexity index is 995. The summed E-state index contributed by atoms with van der Waals surface area (Å²) < 4.78 is 52.7. The Hall–Kier alpha value is -2.21. The Kier molecular flexibility index (Phi) is 5.08. The minimum Gasteiger partial charge on any atom is -0.487 e. The van der Waals surface area contributed by atoms with Gasteiger partial charge in [0.15, 0.2) is 0 Å². The molecule has 0 saturated carbocycles. The molecule has 0 radical (unpaired) electrons. The molecule has 2 aliphatic heterocycles. The number of halogens is 3. The van der Waals surface area contributed by atoms with Crippen molar-refractivity contribution in [1.82, 2.24) is 4.90 Å². The number of hydrogen-bond acceptors (Lipinski definition) is 3. The van der Waals surface area contributed by atoms with Crippen LogP contribution in [0, 0.1) is 0 Å². The maximum Gasteiger partial charge on any atom is 0.416 e. The minimum absolute atomic E-state index is 0.154. The van der Waals surface area contributed by atoms with Crippen molar-refractivity contribution in [2.24, 2.45) is 0 Å². The van der Waals surface area contributed by atoms with Gasteiger partial charge in [-0.3, -0.25) is 0 Å². The third kappa shape index (κ3) is 4.27. The predicted octanol–water partition coefficient (Wildman–Crippen LogP) is 6.56. The molecule has 2 aromatic carbocycles. The zero-order chi connectivity index (χ0) is 22.8. The van der Waals surface area contributed by atoms with Crippen molar-refractivity contribution in [3.63, 3.8) is 0 Å². The summed E-state index contributed by atoms with van der Waals surface area (Å²) in [6.07, 6.45) is -2.95. The second-order valence-electron chi connectivity index (χ2n) is 10.2. The molecule has 0 bridgehead atoms. The SMILES string of the molecule is CN(C)C1CC(C)(C)Oc2cc3c(cc21)C(c1cccc(C(F)(F)F)c1)CC(C)(C)O3. The van der Waals surface area contributed by atoms with Gasteiger partial charge in [-0.25, -0.2) is 0 Å². The number of hydrogen-bond donors (Lipinski definition) is 0. The van der Waals surface area contributed by atoms with Crippen LogP contribution in [-0.2, 0) is 6.18 Å². The minimum atomic E-state index is -4.37. The summed E-state index contributed by atoms with van der Waals surface area (Å²) in [6, 6.07) is 9.86. The molecule has 2 aliphatic rings. The maximum atomic E-state index is 13.4. The molecule has 2 unspecified atom stereocenters. The van der Waals surface area contributed by atoms with E-state index >= 15 is 0 Å². The van der Waals surface area contributed by atoms with Gasteiger partial charge in [0.05, 0.1) is 5.56 Å². The molecule has 2 aromatic rings. The van der Waals surface area contributed by atoms with Crippen molar-refractivity contribution in [3.8, 4) is 11.5 Å². The fraction of sp³-hybridized carbons (Fsp3) is 0.520. The third-order valence-electron chi connectivity index (χ3n) is 6.27. The lowest BCUT2D eigenvalue weighted by molar-refractivity contribution is -0.137. The topological polar surface area (TPSA) is 21.7 Å². The molecule has 0 saturated heterocycles. The zero-order valence-electron chi connectivity index (χ0n) is 18.9. The lowest BCUT2D eigenvalue weighted by Gasteiger charge is -2.43. The van der Waals surface area contributed by atoms with Gasteiger partial charge in [0.25, 0.3) is 0 Å². The fourth-order valence-electron chi connectivity index (χ4n) is 4.85. The van der Waals surface area contributed by atoms with Gasteiger partial charge in [-0.2, -0.15) is 13.2 Å². The van der Waals surface area contributed by atoms with Crippen LogP contribution < -0.4 is 9.47 Å². The van der Waals surface area contributed by atoms with Gasteiger partial charge in [-0.15, -0.1) is 0 Å². The average Bonchev–Trinajstić information content (AvgIpc) is 2.63. The summed E-state index contributed by atoms with van der Waals surface area (Å²) in [7, 11) is 4.08. The molecule has 0 spiro atoms. The van der Waals surface area contributed by atoms with Crippen LogP contribution in [0.3, 0.4) is 0 Å². The van der Waals surface area contributed by atoms with Crippen molar-refractivity contribution in [3.05, 3.63) is 58.7 Å². The average molecular weight is 434 g/mol. The Balaban J connectivity index is 1.86. The molecule has 0 N–H and O–H groups in total. The predicted molar refractivity (Wildman–Crippen MR) is 115 cm³/mol. The summed E-state index contributed by atoms with van der Waals surface area (Å²) in [5.41, 5.74) is 1.19. The van der Waals surface area contributed by atoms with E-state index in [0.717, 1.165) is 29.4 Å². The second kappa shape index (κ2) is 7.16. The highest BCUT2D eigenvalue weighted by Gasteiger charge is 2.40. The van der Waals surface area contributed by atoms with Crippen molar-refractivity contribution in [2.75, 3.05) is 14.1 Å². The molecular weight excluding hydrogens is 403 g/mol. The standard InChI is InChI=1S/C25H30F3NO2/c1-23(2)13-19(15-8-7-9-16(10-15)25(26,27)28)17-11-18-20(29(5)6)14-24(3,4)31-22(18)12-21(17)30-23/h7-12,19-20H,13-14H2,1-6H3. The van der Waals surface area contributed by atoms with E-state index < -0.39 is 17.3 Å². The van der Waals surface area contributed by atoms with Gasteiger partial charge < -0.3 is 14.4 Å². The van der Waals surface area contributed by atoms with E-state index in [0.29, 0.717) is 17.7 Å². The van der Waals surface area contributed by atoms with E-state index in [4.69, 9.17) is 9.47 Å². The van der Waals surface area contributed by atoms with Gasteiger partial charge in [0.2, 0.25) is 0 Å². The summed E-state index contributed by atoms with van der Waals surface area (Å²) in [5, 5.41) is 0. The first-order valence-electron chi connectivity index (χ1n) is 10.7. The fourth-order valence-corrected chi connectivity index (χ4v) is 4.85. The summed E-state index contributed by atoms with van der Waals surface area (Å²) in [6.45, 7) is 8.09. The first-order valence-corrected chi connectivity index (χ1v) is 10.7. The van der Waals surface area contributed by atoms with E-state index in [-0.39, 0.29) is 17.6 Å². The lowest BCUT2D eigenvalue weighted by atomic mass is 9.78. The van der Waals surface area contributed by atoms with Crippen LogP contribution in [0.5, 0.6) is 11.5 Å². The van der Waals surface area contributed by atoms with Crippen LogP contribution in [0.25, 0.3) is 0 Å². The molecule has 6 heteroatoms. The largest absolute Gasteiger partial charge is 0.487 e. The third-order valence-corrected chi connectivity index (χ3v) is 6.27. The van der Waals surface area contributed by atoms with Gasteiger partial charge in [-0.1, -0.05) is 18.2 Å². The Labute approximate surface area is 182 Å². The molecule has 168 valence electrons. The first-order chi connectivity index (χ1) is 14.3. The number of fused-ring (bicyclic) bond motifs is 2. The Morgan fingerprint density at radius 2 is 1.48 bits per heavy atom. The number of ether oxygens (including phenoxy) is 2. The van der Waals surface area contributed by atoms with Crippen molar-refractivity contribution < 1.29 is 22.6 Å². The summed E-state index contributed by atoms with van der Waals surface area (Å²) in [4.78, 5) is 2.17. The van der Waals surface area contributed by atoms with Gasteiger partial charge in [0.1, 0.15) is 22.7 Å². The van der Waals surface area contributed by atoms with Crippen LogP contribution in [0.15, 0.2) is 36.4 Å². The van der Waals surface area contributed by atoms with E-state index in [1.165, 1.54) is 12.1 Å². The molecule has 4 rings (SSSR count). The summed E-state index contributed by atoms with van der Waals surface area (Å²) >= 11 is 0. The normalized spacial score (nSPS) is 24.1. The number of benzene rings is 2. The molecule has 2 atom stereocenters. The van der Waals surface area contributed by atoms with Gasteiger partial charge in [0, 0.05) is 35.6 Å². The van der Waals surface area contributed by atoms with Crippen LogP contribution in [0.4, 0.5) is 13.2 Å². The van der Waals surface area contributed by atoms with Crippen LogP contribution in [0.2, 0.25) is 0 Å².